The van der Waals surface area contributed by atoms with Gasteiger partial charge in [-0.3, -0.25) is 14.5 Å². The summed E-state index contributed by atoms with van der Waals surface area (Å²) in [6.45, 7) is 3.24. The highest BCUT2D eigenvalue weighted by Crippen LogP contribution is 2.39. The van der Waals surface area contributed by atoms with Crippen LogP contribution in [0.4, 0.5) is 17.1 Å². The summed E-state index contributed by atoms with van der Waals surface area (Å²) < 4.78 is 21.3. The fourth-order valence-electron chi connectivity index (χ4n) is 3.68. The van der Waals surface area contributed by atoms with Crippen LogP contribution in [0, 0.1) is 0 Å². The molecule has 0 spiro atoms. The van der Waals surface area contributed by atoms with E-state index in [9.17, 15) is 9.59 Å². The number of rotatable bonds is 10. The van der Waals surface area contributed by atoms with Crippen molar-refractivity contribution in [3.05, 3.63) is 36.4 Å². The van der Waals surface area contributed by atoms with Crippen LogP contribution in [0.5, 0.6) is 17.2 Å². The Morgan fingerprint density at radius 2 is 1.41 bits per heavy atom. The minimum atomic E-state index is -0.278. The van der Waals surface area contributed by atoms with Gasteiger partial charge in [-0.25, -0.2) is 0 Å². The molecule has 2 aromatic rings. The predicted octanol–water partition coefficient (Wildman–Crippen LogP) is 2.06. The topological polar surface area (TPSA) is 102 Å². The number of hydrogen-bond acceptors (Lipinski definition) is 8. The number of amides is 2. The van der Waals surface area contributed by atoms with Gasteiger partial charge in [0.15, 0.2) is 11.5 Å². The van der Waals surface area contributed by atoms with E-state index in [0.29, 0.717) is 28.6 Å². The molecule has 0 saturated carbocycles. The van der Waals surface area contributed by atoms with E-state index in [-0.39, 0.29) is 24.9 Å². The normalized spacial score (nSPS) is 13.4. The fourth-order valence-corrected chi connectivity index (χ4v) is 3.68. The molecule has 3 rings (SSSR count). The van der Waals surface area contributed by atoms with E-state index in [0.717, 1.165) is 32.0 Å². The van der Waals surface area contributed by atoms with Gasteiger partial charge in [0.2, 0.25) is 17.6 Å². The van der Waals surface area contributed by atoms with Gasteiger partial charge in [-0.1, -0.05) is 0 Å². The third kappa shape index (κ3) is 6.75. The first kappa shape index (κ1) is 25.1. The first-order chi connectivity index (χ1) is 16.4. The number of carbonyl (C=O) groups excluding carboxylic acids is 2. The van der Waals surface area contributed by atoms with Gasteiger partial charge in [-0.05, 0) is 31.3 Å². The first-order valence-corrected chi connectivity index (χ1v) is 10.9. The highest BCUT2D eigenvalue weighted by atomic mass is 16.5. The molecular formula is C24H32N4O6. The zero-order chi connectivity index (χ0) is 24.5. The molecule has 0 aromatic heterocycles. The van der Waals surface area contributed by atoms with Gasteiger partial charge >= 0.3 is 0 Å². The number of benzene rings is 2. The number of nitrogens with one attached hydrogen (secondary N) is 2. The van der Waals surface area contributed by atoms with Crippen LogP contribution >= 0.6 is 0 Å². The van der Waals surface area contributed by atoms with Crippen LogP contribution in [0.2, 0.25) is 0 Å². The van der Waals surface area contributed by atoms with E-state index in [1.807, 2.05) is 24.3 Å². The average molecular weight is 473 g/mol. The molecule has 1 aliphatic rings. The summed E-state index contributed by atoms with van der Waals surface area (Å²) in [4.78, 5) is 28.8. The number of anilines is 3. The molecule has 0 aliphatic carbocycles. The fraction of sp³-hybridized carbons (Fsp3) is 0.417. The molecule has 184 valence electrons. The molecule has 2 amide bonds. The lowest BCUT2D eigenvalue weighted by Gasteiger charge is -2.28. The van der Waals surface area contributed by atoms with Crippen LogP contribution in [0.1, 0.15) is 0 Å². The van der Waals surface area contributed by atoms with E-state index in [1.54, 1.807) is 24.1 Å². The van der Waals surface area contributed by atoms with Gasteiger partial charge < -0.3 is 34.5 Å². The van der Waals surface area contributed by atoms with E-state index >= 15 is 0 Å². The lowest BCUT2D eigenvalue weighted by Crippen LogP contribution is -2.36. The Labute approximate surface area is 199 Å². The predicted molar refractivity (Wildman–Crippen MR) is 130 cm³/mol. The number of hydrogen-bond donors (Lipinski definition) is 2. The Balaban J connectivity index is 1.49. The first-order valence-electron chi connectivity index (χ1n) is 10.9. The van der Waals surface area contributed by atoms with Crippen molar-refractivity contribution in [2.45, 2.75) is 0 Å². The number of carbonyl (C=O) groups is 2. The molecule has 1 saturated heterocycles. The average Bonchev–Trinajstić information content (AvgIpc) is 2.84. The molecule has 1 aliphatic heterocycles. The van der Waals surface area contributed by atoms with Gasteiger partial charge in [0.05, 0.1) is 47.6 Å². The van der Waals surface area contributed by atoms with Crippen molar-refractivity contribution in [2.75, 3.05) is 83.3 Å². The SMILES string of the molecule is COc1cc(NC(=O)CN(C)CC(=O)Nc2ccc(N3CCOCC3)cc2)cc(OC)c1OC. The van der Waals surface area contributed by atoms with Crippen molar-refractivity contribution in [2.24, 2.45) is 0 Å². The Bertz CT molecular complexity index is 951. The highest BCUT2D eigenvalue weighted by molar-refractivity contribution is 5.95. The Morgan fingerprint density at radius 1 is 0.882 bits per heavy atom. The summed E-state index contributed by atoms with van der Waals surface area (Å²) in [5.41, 5.74) is 2.30. The molecule has 2 aromatic carbocycles. The standard InChI is InChI=1S/C24H32N4O6/c1-27(16-23(30)26-18-13-20(31-2)24(33-4)21(14-18)32-3)15-22(29)25-17-5-7-19(8-6-17)28-9-11-34-12-10-28/h5-8,13-14H,9-12,15-16H2,1-4H3,(H,25,29)(H,26,30). The molecule has 0 bridgehead atoms. The van der Waals surface area contributed by atoms with Crippen molar-refractivity contribution >= 4 is 28.9 Å². The molecule has 1 fully saturated rings. The van der Waals surface area contributed by atoms with Gasteiger partial charge in [-0.15, -0.1) is 0 Å². The highest BCUT2D eigenvalue weighted by Gasteiger charge is 2.16. The molecule has 10 heteroatoms. The van der Waals surface area contributed by atoms with Gasteiger partial charge in [0.1, 0.15) is 0 Å². The third-order valence-corrected chi connectivity index (χ3v) is 5.30. The lowest BCUT2D eigenvalue weighted by atomic mass is 10.2. The van der Waals surface area contributed by atoms with Crippen molar-refractivity contribution in [3.63, 3.8) is 0 Å². The zero-order valence-corrected chi connectivity index (χ0v) is 20.1. The Kier molecular flexibility index (Phi) is 8.94. The van der Waals surface area contributed by atoms with Crippen molar-refractivity contribution in [1.29, 1.82) is 0 Å². The maximum absolute atomic E-state index is 12.5. The summed E-state index contributed by atoms with van der Waals surface area (Å²) in [5.74, 6) is 0.824. The maximum atomic E-state index is 12.5. The van der Waals surface area contributed by atoms with E-state index in [4.69, 9.17) is 18.9 Å². The summed E-state index contributed by atoms with van der Waals surface area (Å²) in [6, 6.07) is 11.0. The molecule has 0 radical (unpaired) electrons. The smallest absolute Gasteiger partial charge is 0.238 e. The maximum Gasteiger partial charge on any atom is 0.238 e. The van der Waals surface area contributed by atoms with Crippen molar-refractivity contribution in [1.82, 2.24) is 4.90 Å². The second-order valence-corrected chi connectivity index (χ2v) is 7.83. The molecule has 34 heavy (non-hydrogen) atoms. The lowest BCUT2D eigenvalue weighted by molar-refractivity contribution is -0.119. The van der Waals surface area contributed by atoms with Crippen molar-refractivity contribution in [3.8, 4) is 17.2 Å². The number of ether oxygens (including phenoxy) is 4. The van der Waals surface area contributed by atoms with Gasteiger partial charge in [-0.2, -0.15) is 0 Å². The van der Waals surface area contributed by atoms with Crippen LogP contribution in [0.3, 0.4) is 0 Å². The van der Waals surface area contributed by atoms with Crippen LogP contribution in [-0.4, -0.2) is 84.5 Å². The van der Waals surface area contributed by atoms with Crippen LogP contribution < -0.4 is 29.7 Å². The molecular weight excluding hydrogens is 440 g/mol. The number of nitrogens with zero attached hydrogens (tertiary/aromatic N) is 2. The second-order valence-electron chi connectivity index (χ2n) is 7.83. The molecule has 1 heterocycles. The summed E-state index contributed by atoms with van der Waals surface area (Å²) in [6.07, 6.45) is 0. The number of morpholine rings is 1. The molecule has 2 N–H and O–H groups in total. The van der Waals surface area contributed by atoms with Gasteiger partial charge in [0.25, 0.3) is 0 Å². The van der Waals surface area contributed by atoms with Crippen LogP contribution in [0.25, 0.3) is 0 Å². The van der Waals surface area contributed by atoms with E-state index in [2.05, 4.69) is 15.5 Å². The minimum absolute atomic E-state index is 0.0278. The summed E-state index contributed by atoms with van der Waals surface area (Å²) >= 11 is 0. The van der Waals surface area contributed by atoms with Gasteiger partial charge in [0, 0.05) is 42.3 Å². The monoisotopic (exact) mass is 472 g/mol. The Hall–Kier alpha value is -3.50. The van der Waals surface area contributed by atoms with Crippen molar-refractivity contribution < 1.29 is 28.5 Å². The number of likely N-dealkylation sites (N-methyl/N-ethyl adjacent to an activating group) is 1. The zero-order valence-electron chi connectivity index (χ0n) is 20.1. The quantitative estimate of drug-likeness (QED) is 0.542. The third-order valence-electron chi connectivity index (χ3n) is 5.30. The largest absolute Gasteiger partial charge is 0.493 e. The number of methoxy groups -OCH3 is 3. The molecule has 0 atom stereocenters. The summed E-state index contributed by atoms with van der Waals surface area (Å²) in [7, 11) is 6.23. The second kappa shape index (κ2) is 12.1. The van der Waals surface area contributed by atoms with E-state index in [1.165, 1.54) is 21.3 Å². The minimum Gasteiger partial charge on any atom is -0.493 e. The Morgan fingerprint density at radius 3 is 1.91 bits per heavy atom. The van der Waals surface area contributed by atoms with Crippen LogP contribution in [0.15, 0.2) is 36.4 Å². The molecule has 0 unspecified atom stereocenters. The molecule has 10 nitrogen and oxygen atoms in total. The van der Waals surface area contributed by atoms with Crippen LogP contribution in [-0.2, 0) is 14.3 Å². The summed E-state index contributed by atoms with van der Waals surface area (Å²) in [5, 5.41) is 5.66. The van der Waals surface area contributed by atoms with E-state index < -0.39 is 0 Å².